The molecule has 0 saturated carbocycles. The monoisotopic (exact) mass is 405 g/mol. The van der Waals surface area contributed by atoms with Gasteiger partial charge in [-0.2, -0.15) is 0 Å². The van der Waals surface area contributed by atoms with Crippen LogP contribution in [0.3, 0.4) is 0 Å². The van der Waals surface area contributed by atoms with Gasteiger partial charge in [-0.25, -0.2) is 4.39 Å². The van der Waals surface area contributed by atoms with E-state index >= 15 is 0 Å². The highest BCUT2D eigenvalue weighted by Crippen LogP contribution is 2.32. The van der Waals surface area contributed by atoms with E-state index in [1.54, 1.807) is 18.5 Å². The fourth-order valence-electron chi connectivity index (χ4n) is 3.86. The quantitative estimate of drug-likeness (QED) is 0.608. The fraction of sp³-hybridized carbons (Fsp3) is 0.292. The van der Waals surface area contributed by atoms with Crippen molar-refractivity contribution in [2.75, 3.05) is 19.7 Å². The molecule has 1 aliphatic heterocycles. The molecule has 1 aromatic heterocycles. The van der Waals surface area contributed by atoms with Crippen molar-refractivity contribution in [1.29, 1.82) is 0 Å². The second-order valence-corrected chi connectivity index (χ2v) is 7.39. The molecule has 0 bridgehead atoms. The summed E-state index contributed by atoms with van der Waals surface area (Å²) in [5.74, 6) is 0.612. The SMILES string of the molecule is O=C(CCOc1ccccc1)N1CCCC(c2nccnc2-c2cccc(F)c2)C1. The Morgan fingerprint density at radius 3 is 2.77 bits per heavy atom. The number of halogens is 1. The lowest BCUT2D eigenvalue weighted by atomic mass is 9.91. The lowest BCUT2D eigenvalue weighted by Gasteiger charge is -2.33. The van der Waals surface area contributed by atoms with Crippen molar-refractivity contribution in [3.8, 4) is 17.0 Å². The van der Waals surface area contributed by atoms with Crippen molar-refractivity contribution in [2.24, 2.45) is 0 Å². The molecule has 1 atom stereocenters. The number of nitrogens with zero attached hydrogens (tertiary/aromatic N) is 3. The van der Waals surface area contributed by atoms with Crippen LogP contribution in [0, 0.1) is 5.82 Å². The number of hydrogen-bond acceptors (Lipinski definition) is 4. The van der Waals surface area contributed by atoms with E-state index in [1.807, 2.05) is 41.3 Å². The number of hydrogen-bond donors (Lipinski definition) is 0. The van der Waals surface area contributed by atoms with Gasteiger partial charge >= 0.3 is 0 Å². The van der Waals surface area contributed by atoms with Gasteiger partial charge in [-0.05, 0) is 37.1 Å². The molecule has 1 unspecified atom stereocenters. The third-order valence-electron chi connectivity index (χ3n) is 5.31. The summed E-state index contributed by atoms with van der Waals surface area (Å²) in [5.41, 5.74) is 2.21. The number of carbonyl (C=O) groups is 1. The molecule has 6 heteroatoms. The summed E-state index contributed by atoms with van der Waals surface area (Å²) >= 11 is 0. The second-order valence-electron chi connectivity index (χ2n) is 7.39. The van der Waals surface area contributed by atoms with Gasteiger partial charge in [-0.3, -0.25) is 14.8 Å². The summed E-state index contributed by atoms with van der Waals surface area (Å²) in [6.07, 6.45) is 5.43. The number of para-hydroxylation sites is 1. The van der Waals surface area contributed by atoms with Gasteiger partial charge in [0.15, 0.2) is 0 Å². The first-order chi connectivity index (χ1) is 14.7. The second kappa shape index (κ2) is 9.48. The summed E-state index contributed by atoms with van der Waals surface area (Å²) in [4.78, 5) is 23.6. The number of carbonyl (C=O) groups excluding carboxylic acids is 1. The fourth-order valence-corrected chi connectivity index (χ4v) is 3.86. The largest absolute Gasteiger partial charge is 0.493 e. The molecular weight excluding hydrogens is 381 g/mol. The maximum atomic E-state index is 13.7. The van der Waals surface area contributed by atoms with Gasteiger partial charge in [-0.15, -0.1) is 0 Å². The average Bonchev–Trinajstić information content (AvgIpc) is 2.80. The molecule has 5 nitrogen and oxygen atoms in total. The van der Waals surface area contributed by atoms with Crippen molar-refractivity contribution in [1.82, 2.24) is 14.9 Å². The maximum absolute atomic E-state index is 13.7. The van der Waals surface area contributed by atoms with E-state index in [0.717, 1.165) is 30.8 Å². The third kappa shape index (κ3) is 4.82. The summed E-state index contributed by atoms with van der Waals surface area (Å²) < 4.78 is 19.4. The first-order valence-electron chi connectivity index (χ1n) is 10.2. The molecule has 0 spiro atoms. The summed E-state index contributed by atoms with van der Waals surface area (Å²) in [6.45, 7) is 1.67. The minimum Gasteiger partial charge on any atom is -0.493 e. The Bertz CT molecular complexity index is 997. The first-order valence-corrected chi connectivity index (χ1v) is 10.2. The van der Waals surface area contributed by atoms with Gasteiger partial charge in [0.2, 0.25) is 5.91 Å². The van der Waals surface area contributed by atoms with Gasteiger partial charge < -0.3 is 9.64 Å². The topological polar surface area (TPSA) is 55.3 Å². The van der Waals surface area contributed by atoms with Crippen LogP contribution in [0.5, 0.6) is 5.75 Å². The number of rotatable bonds is 6. The van der Waals surface area contributed by atoms with Gasteiger partial charge in [0.05, 0.1) is 24.4 Å². The molecule has 0 radical (unpaired) electrons. The van der Waals surface area contributed by atoms with Crippen LogP contribution in [0.4, 0.5) is 4.39 Å². The smallest absolute Gasteiger partial charge is 0.226 e. The zero-order valence-electron chi connectivity index (χ0n) is 16.7. The highest BCUT2D eigenvalue weighted by atomic mass is 19.1. The highest BCUT2D eigenvalue weighted by molar-refractivity contribution is 5.76. The molecular formula is C24H24FN3O2. The van der Waals surface area contributed by atoms with Crippen LogP contribution >= 0.6 is 0 Å². The first kappa shape index (κ1) is 20.0. The lowest BCUT2D eigenvalue weighted by molar-refractivity contribution is -0.132. The zero-order valence-corrected chi connectivity index (χ0v) is 16.7. The lowest BCUT2D eigenvalue weighted by Crippen LogP contribution is -2.40. The normalized spacial score (nSPS) is 16.3. The van der Waals surface area contributed by atoms with Crippen molar-refractivity contribution >= 4 is 5.91 Å². The van der Waals surface area contributed by atoms with Gasteiger partial charge in [-0.1, -0.05) is 30.3 Å². The minimum atomic E-state index is -0.303. The Morgan fingerprint density at radius 2 is 1.93 bits per heavy atom. The van der Waals surface area contributed by atoms with Crippen molar-refractivity contribution in [3.05, 3.63) is 78.5 Å². The predicted octanol–water partition coefficient (Wildman–Crippen LogP) is 4.46. The molecule has 154 valence electrons. The van der Waals surface area contributed by atoms with Crippen LogP contribution in [-0.2, 0) is 4.79 Å². The van der Waals surface area contributed by atoms with E-state index in [0.29, 0.717) is 30.8 Å². The van der Waals surface area contributed by atoms with Gasteiger partial charge in [0, 0.05) is 37.0 Å². The summed E-state index contributed by atoms with van der Waals surface area (Å²) in [6, 6.07) is 15.9. The molecule has 2 aromatic carbocycles. The molecule has 4 rings (SSSR count). The standard InChI is InChI=1S/C24H24FN3O2/c25-20-8-4-6-18(16-20)23-24(27-13-12-26-23)19-7-5-14-28(17-19)22(29)11-15-30-21-9-2-1-3-10-21/h1-4,6,8-10,12-13,16,19H,5,7,11,14-15,17H2. The summed E-state index contributed by atoms with van der Waals surface area (Å²) in [5, 5.41) is 0. The zero-order chi connectivity index (χ0) is 20.8. The van der Waals surface area contributed by atoms with Crippen molar-refractivity contribution in [2.45, 2.75) is 25.2 Å². The van der Waals surface area contributed by atoms with Crippen LogP contribution in [0.25, 0.3) is 11.3 Å². The van der Waals surface area contributed by atoms with E-state index in [9.17, 15) is 9.18 Å². The van der Waals surface area contributed by atoms with E-state index in [2.05, 4.69) is 9.97 Å². The Balaban J connectivity index is 1.42. The van der Waals surface area contributed by atoms with Crippen molar-refractivity contribution in [3.63, 3.8) is 0 Å². The van der Waals surface area contributed by atoms with E-state index in [4.69, 9.17) is 4.74 Å². The molecule has 1 fully saturated rings. The summed E-state index contributed by atoms with van der Waals surface area (Å²) in [7, 11) is 0. The van der Waals surface area contributed by atoms with Crippen LogP contribution in [-0.4, -0.2) is 40.5 Å². The Labute approximate surface area is 175 Å². The predicted molar refractivity (Wildman–Crippen MR) is 113 cm³/mol. The number of likely N-dealkylation sites (tertiary alicyclic amines) is 1. The molecule has 1 saturated heterocycles. The van der Waals surface area contributed by atoms with E-state index in [-0.39, 0.29) is 17.6 Å². The van der Waals surface area contributed by atoms with E-state index in [1.165, 1.54) is 12.1 Å². The Morgan fingerprint density at radius 1 is 1.10 bits per heavy atom. The number of aromatic nitrogens is 2. The molecule has 3 aromatic rings. The maximum Gasteiger partial charge on any atom is 0.226 e. The molecule has 0 aliphatic carbocycles. The Hall–Kier alpha value is -3.28. The molecule has 2 heterocycles. The van der Waals surface area contributed by atoms with Crippen LogP contribution in [0.2, 0.25) is 0 Å². The third-order valence-corrected chi connectivity index (χ3v) is 5.31. The average molecular weight is 405 g/mol. The van der Waals surface area contributed by atoms with Gasteiger partial charge in [0.25, 0.3) is 0 Å². The number of ether oxygens (including phenoxy) is 1. The van der Waals surface area contributed by atoms with Crippen LogP contribution < -0.4 is 4.74 Å². The molecule has 0 N–H and O–H groups in total. The van der Waals surface area contributed by atoms with Crippen molar-refractivity contribution < 1.29 is 13.9 Å². The molecule has 30 heavy (non-hydrogen) atoms. The van der Waals surface area contributed by atoms with Gasteiger partial charge in [0.1, 0.15) is 11.6 Å². The molecule has 1 aliphatic rings. The van der Waals surface area contributed by atoms with Crippen LogP contribution in [0.15, 0.2) is 67.0 Å². The molecule has 1 amide bonds. The Kier molecular flexibility index (Phi) is 6.32. The number of benzene rings is 2. The number of piperidine rings is 1. The number of amides is 1. The minimum absolute atomic E-state index is 0.0738. The van der Waals surface area contributed by atoms with Crippen LogP contribution in [0.1, 0.15) is 30.9 Å². The van der Waals surface area contributed by atoms with E-state index < -0.39 is 0 Å². The highest BCUT2D eigenvalue weighted by Gasteiger charge is 2.27.